The third-order valence-electron chi connectivity index (χ3n) is 1.71. The molecular weight excluding hydrogens is 212 g/mol. The van der Waals surface area contributed by atoms with Crippen molar-refractivity contribution in [3.05, 3.63) is 0 Å². The molecule has 0 saturated carbocycles. The van der Waals surface area contributed by atoms with Gasteiger partial charge in [-0.3, -0.25) is 9.59 Å². The van der Waals surface area contributed by atoms with Crippen LogP contribution in [0.1, 0.15) is 38.5 Å². The Hall–Kier alpha value is -1.14. The van der Waals surface area contributed by atoms with Gasteiger partial charge in [0.2, 0.25) is 0 Å². The van der Waals surface area contributed by atoms with Gasteiger partial charge in [-0.2, -0.15) is 0 Å². The molecule has 0 heterocycles. The van der Waals surface area contributed by atoms with Gasteiger partial charge in [0.15, 0.2) is 0 Å². The van der Waals surface area contributed by atoms with E-state index in [0.717, 1.165) is 25.9 Å². The highest BCUT2D eigenvalue weighted by Gasteiger charge is 2.00. The summed E-state index contributed by atoms with van der Waals surface area (Å²) in [7, 11) is 0. The molecule has 0 radical (unpaired) electrons. The second kappa shape index (κ2) is 13.9. The van der Waals surface area contributed by atoms with Gasteiger partial charge >= 0.3 is 11.9 Å². The number of carbonyl (C=O) groups is 2. The zero-order valence-electron chi connectivity index (χ0n) is 9.52. The molecule has 0 fully saturated rings. The van der Waals surface area contributed by atoms with Crippen molar-refractivity contribution in [2.45, 2.75) is 38.5 Å². The largest absolute Gasteiger partial charge is 0.481 e. The molecule has 0 rings (SSSR count). The van der Waals surface area contributed by atoms with E-state index in [-0.39, 0.29) is 12.8 Å². The lowest BCUT2D eigenvalue weighted by atomic mass is 10.2. The van der Waals surface area contributed by atoms with E-state index in [1.54, 1.807) is 0 Å². The molecule has 6 heteroatoms. The molecule has 0 aromatic heterocycles. The van der Waals surface area contributed by atoms with Crippen LogP contribution in [0, 0.1) is 0 Å². The van der Waals surface area contributed by atoms with E-state index < -0.39 is 11.9 Å². The minimum atomic E-state index is -1.08. The van der Waals surface area contributed by atoms with E-state index in [1.807, 2.05) is 0 Å². The van der Waals surface area contributed by atoms with E-state index in [9.17, 15) is 9.59 Å². The normalized spacial score (nSPS) is 9.12. The molecule has 0 unspecified atom stereocenters. The van der Waals surface area contributed by atoms with Crippen LogP contribution in [0.5, 0.6) is 0 Å². The number of rotatable bonds is 8. The summed E-state index contributed by atoms with van der Waals surface area (Å²) >= 11 is 0. The van der Waals surface area contributed by atoms with Gasteiger partial charge in [0.1, 0.15) is 0 Å². The lowest BCUT2D eigenvalue weighted by Gasteiger charge is -1.94. The minimum Gasteiger partial charge on any atom is -0.481 e. The Morgan fingerprint density at radius 3 is 1.25 bits per heavy atom. The standard InChI is InChI=1S/C6H16N2.C4H6O4/c7-5-3-1-2-4-6-8;5-3(6)1-2-4(7)8/h1-8H2;1-2H2,(H,5,6)(H,7,8). The minimum absolute atomic E-state index is 0.296. The van der Waals surface area contributed by atoms with Crippen LogP contribution < -0.4 is 11.5 Å². The highest BCUT2D eigenvalue weighted by molar-refractivity contribution is 5.75. The van der Waals surface area contributed by atoms with Crippen molar-refractivity contribution in [2.24, 2.45) is 11.5 Å². The summed E-state index contributed by atoms with van der Waals surface area (Å²) < 4.78 is 0. The molecule has 0 aromatic carbocycles. The van der Waals surface area contributed by atoms with Crippen LogP contribution in [-0.2, 0) is 9.59 Å². The molecule has 0 aliphatic carbocycles. The molecule has 0 spiro atoms. The van der Waals surface area contributed by atoms with Crippen molar-refractivity contribution in [1.29, 1.82) is 0 Å². The van der Waals surface area contributed by atoms with Crippen LogP contribution >= 0.6 is 0 Å². The molecule has 0 bridgehead atoms. The lowest BCUT2D eigenvalue weighted by Crippen LogP contribution is -2.00. The van der Waals surface area contributed by atoms with Crippen LogP contribution in [-0.4, -0.2) is 35.2 Å². The molecule has 0 aliphatic heterocycles. The maximum Gasteiger partial charge on any atom is 0.303 e. The second-order valence-corrected chi connectivity index (χ2v) is 3.28. The fourth-order valence-corrected chi connectivity index (χ4v) is 0.856. The summed E-state index contributed by atoms with van der Waals surface area (Å²) in [4.78, 5) is 19.3. The van der Waals surface area contributed by atoms with Crippen molar-refractivity contribution >= 4 is 11.9 Å². The number of unbranched alkanes of at least 4 members (excludes halogenated alkanes) is 3. The Labute approximate surface area is 95.6 Å². The van der Waals surface area contributed by atoms with Gasteiger partial charge < -0.3 is 21.7 Å². The summed E-state index contributed by atoms with van der Waals surface area (Å²) in [6, 6.07) is 0. The molecule has 6 nitrogen and oxygen atoms in total. The number of hydrogen-bond acceptors (Lipinski definition) is 4. The van der Waals surface area contributed by atoms with Crippen molar-refractivity contribution in [3.8, 4) is 0 Å². The predicted octanol–water partition coefficient (Wildman–Crippen LogP) is 0.400. The van der Waals surface area contributed by atoms with Crippen LogP contribution in [0.3, 0.4) is 0 Å². The molecular formula is C10H22N2O4. The van der Waals surface area contributed by atoms with Crippen LogP contribution in [0.25, 0.3) is 0 Å². The maximum atomic E-state index is 9.64. The average molecular weight is 234 g/mol. The number of hydrogen-bond donors (Lipinski definition) is 4. The van der Waals surface area contributed by atoms with E-state index in [4.69, 9.17) is 21.7 Å². The molecule has 0 amide bonds. The monoisotopic (exact) mass is 234 g/mol. The third-order valence-corrected chi connectivity index (χ3v) is 1.71. The topological polar surface area (TPSA) is 127 Å². The summed E-state index contributed by atoms with van der Waals surface area (Å²) in [5, 5.41) is 15.8. The number of nitrogens with two attached hydrogens (primary N) is 2. The number of carboxylic acids is 2. The average Bonchev–Trinajstić information content (AvgIpc) is 2.23. The summed E-state index contributed by atoms with van der Waals surface area (Å²) in [6.45, 7) is 1.65. The first-order valence-corrected chi connectivity index (χ1v) is 5.38. The molecule has 0 saturated heterocycles. The Bertz CT molecular complexity index is 166. The Morgan fingerprint density at radius 1 is 0.750 bits per heavy atom. The van der Waals surface area contributed by atoms with Crippen molar-refractivity contribution in [2.75, 3.05) is 13.1 Å². The highest BCUT2D eigenvalue weighted by atomic mass is 16.4. The van der Waals surface area contributed by atoms with E-state index in [0.29, 0.717) is 0 Å². The maximum absolute atomic E-state index is 9.64. The highest BCUT2D eigenvalue weighted by Crippen LogP contribution is 1.95. The van der Waals surface area contributed by atoms with Gasteiger partial charge in [-0.05, 0) is 25.9 Å². The van der Waals surface area contributed by atoms with Crippen LogP contribution in [0.15, 0.2) is 0 Å². The van der Waals surface area contributed by atoms with Gasteiger partial charge in [0.25, 0.3) is 0 Å². The fourth-order valence-electron chi connectivity index (χ4n) is 0.856. The zero-order chi connectivity index (χ0) is 12.8. The molecule has 0 atom stereocenters. The van der Waals surface area contributed by atoms with Crippen molar-refractivity contribution in [1.82, 2.24) is 0 Å². The zero-order valence-corrected chi connectivity index (χ0v) is 9.52. The molecule has 6 N–H and O–H groups in total. The van der Waals surface area contributed by atoms with Gasteiger partial charge in [0, 0.05) is 0 Å². The number of carboxylic acid groups (broad SMARTS) is 2. The number of aliphatic carboxylic acids is 2. The van der Waals surface area contributed by atoms with Gasteiger partial charge in [-0.1, -0.05) is 12.8 Å². The quantitative estimate of drug-likeness (QED) is 0.450. The van der Waals surface area contributed by atoms with Crippen LogP contribution in [0.2, 0.25) is 0 Å². The van der Waals surface area contributed by atoms with Gasteiger partial charge in [-0.15, -0.1) is 0 Å². The van der Waals surface area contributed by atoms with Gasteiger partial charge in [-0.25, -0.2) is 0 Å². The first-order chi connectivity index (χ1) is 7.54. The van der Waals surface area contributed by atoms with Crippen LogP contribution in [0.4, 0.5) is 0 Å². The van der Waals surface area contributed by atoms with Crippen molar-refractivity contribution in [3.63, 3.8) is 0 Å². The van der Waals surface area contributed by atoms with E-state index >= 15 is 0 Å². The lowest BCUT2D eigenvalue weighted by molar-refractivity contribution is -0.143. The molecule has 16 heavy (non-hydrogen) atoms. The van der Waals surface area contributed by atoms with Crippen molar-refractivity contribution < 1.29 is 19.8 Å². The Kier molecular flexibility index (Phi) is 15.0. The second-order valence-electron chi connectivity index (χ2n) is 3.28. The Morgan fingerprint density at radius 2 is 1.06 bits per heavy atom. The molecule has 0 aromatic rings. The SMILES string of the molecule is NCCCCCCN.O=C(O)CCC(=O)O. The summed E-state index contributed by atoms with van der Waals surface area (Å²) in [5.41, 5.74) is 10.6. The molecule has 96 valence electrons. The first-order valence-electron chi connectivity index (χ1n) is 5.38. The molecule has 0 aliphatic rings. The fraction of sp³-hybridized carbons (Fsp3) is 0.800. The van der Waals surface area contributed by atoms with Gasteiger partial charge in [0.05, 0.1) is 12.8 Å². The Balaban J connectivity index is 0. The van der Waals surface area contributed by atoms with E-state index in [1.165, 1.54) is 12.8 Å². The smallest absolute Gasteiger partial charge is 0.303 e. The third kappa shape index (κ3) is 23.0. The first kappa shape index (κ1) is 17.3. The summed E-state index contributed by atoms with van der Waals surface area (Å²) in [5.74, 6) is -2.15. The predicted molar refractivity (Wildman–Crippen MR) is 61.1 cm³/mol. The summed E-state index contributed by atoms with van der Waals surface area (Å²) in [6.07, 6.45) is 4.20. The van der Waals surface area contributed by atoms with E-state index in [2.05, 4.69) is 0 Å².